The first-order valence-electron chi connectivity index (χ1n) is 10.3. The fraction of sp³-hybridized carbons (Fsp3) is 0.500. The lowest BCUT2D eigenvalue weighted by atomic mass is 10.1. The maximum Gasteiger partial charge on any atom is 0.280 e. The number of aromatic nitrogens is 3. The summed E-state index contributed by atoms with van der Waals surface area (Å²) in [5, 5.41) is 5.27. The Morgan fingerprint density at radius 1 is 1.07 bits per heavy atom. The van der Waals surface area contributed by atoms with E-state index >= 15 is 0 Å². The predicted molar refractivity (Wildman–Crippen MR) is 121 cm³/mol. The molecule has 0 aliphatic carbocycles. The molecule has 7 heteroatoms. The van der Waals surface area contributed by atoms with Crippen LogP contribution in [-0.2, 0) is 6.54 Å². The molecule has 0 spiro atoms. The lowest BCUT2D eigenvalue weighted by Crippen LogP contribution is -2.39. The molecule has 0 atom stereocenters. The zero-order valence-corrected chi connectivity index (χ0v) is 19.1. The third-order valence-corrected chi connectivity index (χ3v) is 6.65. The number of aryl methyl sites for hydroxylation is 4. The number of carbonyl (C=O) groups excluding carboxylic acids is 1. The molecule has 0 N–H and O–H groups in total. The fourth-order valence-electron chi connectivity index (χ4n) is 3.50. The van der Waals surface area contributed by atoms with Crippen LogP contribution < -0.4 is 4.90 Å². The van der Waals surface area contributed by atoms with E-state index in [-0.39, 0.29) is 5.91 Å². The lowest BCUT2D eigenvalue weighted by molar-refractivity contribution is 0.0978. The van der Waals surface area contributed by atoms with E-state index in [1.54, 1.807) is 11.3 Å². The van der Waals surface area contributed by atoms with Crippen molar-refractivity contribution in [3.8, 4) is 0 Å². The van der Waals surface area contributed by atoms with Gasteiger partial charge in [-0.2, -0.15) is 5.10 Å². The van der Waals surface area contributed by atoms with E-state index in [1.165, 1.54) is 5.56 Å². The summed E-state index contributed by atoms with van der Waals surface area (Å²) in [5.41, 5.74) is 4.79. The number of hydrogen-bond acceptors (Lipinski definition) is 5. The predicted octanol–water partition coefficient (Wildman–Crippen LogP) is 4.43. The molecule has 1 amide bonds. The minimum Gasteiger partial charge on any atom is -0.302 e. The van der Waals surface area contributed by atoms with Crippen LogP contribution in [0, 0.1) is 20.8 Å². The first-order chi connectivity index (χ1) is 13.9. The van der Waals surface area contributed by atoms with Gasteiger partial charge in [-0.05, 0) is 58.0 Å². The van der Waals surface area contributed by atoms with Gasteiger partial charge in [-0.15, -0.1) is 0 Å². The maximum absolute atomic E-state index is 13.5. The zero-order valence-electron chi connectivity index (χ0n) is 18.3. The van der Waals surface area contributed by atoms with E-state index in [4.69, 9.17) is 4.98 Å². The number of anilines is 1. The zero-order chi connectivity index (χ0) is 21.1. The fourth-order valence-corrected chi connectivity index (χ4v) is 4.64. The third-order valence-electron chi connectivity index (χ3n) is 5.44. The highest BCUT2D eigenvalue weighted by atomic mass is 32.1. The monoisotopic (exact) mass is 413 g/mol. The van der Waals surface area contributed by atoms with E-state index in [0.717, 1.165) is 52.8 Å². The van der Waals surface area contributed by atoms with Crippen LogP contribution in [0.25, 0.3) is 10.2 Å². The third kappa shape index (κ3) is 4.36. The smallest absolute Gasteiger partial charge is 0.280 e. The maximum atomic E-state index is 13.5. The standard InChI is InChI=1S/C22H31N5OS/c1-7-25(8-2)12-13-26(21(28)18-14-17(6)27(9-3)24-18)22-23-19-15(4)10-11-16(5)20(19)29-22/h10-11,14H,7-9,12-13H2,1-6H3. The topological polar surface area (TPSA) is 54.3 Å². The van der Waals surface area contributed by atoms with Crippen LogP contribution >= 0.6 is 11.3 Å². The van der Waals surface area contributed by atoms with Crippen LogP contribution in [0.4, 0.5) is 5.13 Å². The van der Waals surface area contributed by atoms with Crippen LogP contribution in [0.5, 0.6) is 0 Å². The van der Waals surface area contributed by atoms with Crippen molar-refractivity contribution >= 4 is 32.6 Å². The van der Waals surface area contributed by atoms with Crippen molar-refractivity contribution in [2.24, 2.45) is 0 Å². The molecule has 0 aliphatic heterocycles. The van der Waals surface area contributed by atoms with E-state index < -0.39 is 0 Å². The van der Waals surface area contributed by atoms with Crippen LogP contribution in [0.3, 0.4) is 0 Å². The van der Waals surface area contributed by atoms with Gasteiger partial charge in [-0.3, -0.25) is 14.4 Å². The average molecular weight is 414 g/mol. The normalized spacial score (nSPS) is 11.6. The molecule has 1 aromatic carbocycles. The van der Waals surface area contributed by atoms with Crippen molar-refractivity contribution in [2.45, 2.75) is 48.1 Å². The highest BCUT2D eigenvalue weighted by molar-refractivity contribution is 7.22. The second kappa shape index (κ2) is 9.05. The van der Waals surface area contributed by atoms with E-state index in [9.17, 15) is 4.79 Å². The molecule has 0 saturated heterocycles. The molecule has 0 radical (unpaired) electrons. The van der Waals surface area contributed by atoms with Gasteiger partial charge in [0.1, 0.15) is 0 Å². The van der Waals surface area contributed by atoms with Crippen LogP contribution in [-0.4, -0.2) is 51.8 Å². The second-order valence-electron chi connectivity index (χ2n) is 7.34. The quantitative estimate of drug-likeness (QED) is 0.548. The van der Waals surface area contributed by atoms with Gasteiger partial charge in [0.15, 0.2) is 10.8 Å². The van der Waals surface area contributed by atoms with Crippen molar-refractivity contribution in [3.05, 3.63) is 40.7 Å². The number of thiazole rings is 1. The number of nitrogens with zero attached hydrogens (tertiary/aromatic N) is 5. The number of rotatable bonds is 8. The number of benzene rings is 1. The van der Waals surface area contributed by atoms with Crippen LogP contribution in [0.2, 0.25) is 0 Å². The first kappa shape index (κ1) is 21.5. The van der Waals surface area contributed by atoms with Crippen molar-refractivity contribution in [1.82, 2.24) is 19.7 Å². The number of likely N-dealkylation sites (N-methyl/N-ethyl adjacent to an activating group) is 1. The Morgan fingerprint density at radius 3 is 2.34 bits per heavy atom. The van der Waals surface area contributed by atoms with Gasteiger partial charge in [0, 0.05) is 25.3 Å². The number of fused-ring (bicyclic) bond motifs is 1. The molecule has 2 heterocycles. The van der Waals surface area contributed by atoms with Gasteiger partial charge in [0.05, 0.1) is 10.2 Å². The molecule has 0 aliphatic rings. The minimum absolute atomic E-state index is 0.0816. The number of amides is 1. The molecule has 6 nitrogen and oxygen atoms in total. The Bertz CT molecular complexity index is 963. The molecule has 156 valence electrons. The summed E-state index contributed by atoms with van der Waals surface area (Å²) in [7, 11) is 0. The molecule has 2 aromatic heterocycles. The Hall–Kier alpha value is -2.25. The highest BCUT2D eigenvalue weighted by Crippen LogP contribution is 2.33. The van der Waals surface area contributed by atoms with Gasteiger partial charge in [0.2, 0.25) is 0 Å². The van der Waals surface area contributed by atoms with Crippen molar-refractivity contribution in [1.29, 1.82) is 0 Å². The van der Waals surface area contributed by atoms with Crippen LogP contribution in [0.1, 0.15) is 48.1 Å². The Kier molecular flexibility index (Phi) is 6.70. The highest BCUT2D eigenvalue weighted by Gasteiger charge is 2.25. The van der Waals surface area contributed by atoms with E-state index in [1.807, 2.05) is 29.5 Å². The molecule has 0 bridgehead atoms. The van der Waals surface area contributed by atoms with E-state index in [0.29, 0.717) is 12.2 Å². The molecule has 0 fully saturated rings. The largest absolute Gasteiger partial charge is 0.302 e. The number of hydrogen-bond donors (Lipinski definition) is 0. The Morgan fingerprint density at radius 2 is 1.76 bits per heavy atom. The minimum atomic E-state index is -0.0816. The molecule has 0 saturated carbocycles. The van der Waals surface area contributed by atoms with Crippen molar-refractivity contribution < 1.29 is 4.79 Å². The van der Waals surface area contributed by atoms with Crippen molar-refractivity contribution in [2.75, 3.05) is 31.1 Å². The van der Waals surface area contributed by atoms with Gasteiger partial charge >= 0.3 is 0 Å². The summed E-state index contributed by atoms with van der Waals surface area (Å²) in [6.07, 6.45) is 0. The average Bonchev–Trinajstić information content (AvgIpc) is 3.32. The molecule has 29 heavy (non-hydrogen) atoms. The summed E-state index contributed by atoms with van der Waals surface area (Å²) in [4.78, 5) is 22.5. The summed E-state index contributed by atoms with van der Waals surface area (Å²) < 4.78 is 3.01. The lowest BCUT2D eigenvalue weighted by Gasteiger charge is -2.24. The molecular formula is C22H31N5OS. The Labute approximate surface area is 177 Å². The molecule has 3 rings (SSSR count). The Balaban J connectivity index is 2.01. The summed E-state index contributed by atoms with van der Waals surface area (Å²) in [6.45, 7) is 16.5. The SMILES string of the molecule is CCN(CC)CCN(C(=O)c1cc(C)n(CC)n1)c1nc2c(C)ccc(C)c2s1. The van der Waals surface area contributed by atoms with Crippen LogP contribution in [0.15, 0.2) is 18.2 Å². The van der Waals surface area contributed by atoms with E-state index in [2.05, 4.69) is 49.8 Å². The van der Waals surface area contributed by atoms with Gasteiger partial charge in [0.25, 0.3) is 5.91 Å². The van der Waals surface area contributed by atoms with Gasteiger partial charge < -0.3 is 4.90 Å². The first-order valence-corrected chi connectivity index (χ1v) is 11.2. The molecular weight excluding hydrogens is 382 g/mol. The summed E-state index contributed by atoms with van der Waals surface area (Å²) in [5.74, 6) is -0.0816. The molecule has 3 aromatic rings. The summed E-state index contributed by atoms with van der Waals surface area (Å²) in [6, 6.07) is 6.09. The van der Waals surface area contributed by atoms with Gasteiger partial charge in [-0.1, -0.05) is 37.3 Å². The molecule has 0 unspecified atom stereocenters. The van der Waals surface area contributed by atoms with Gasteiger partial charge in [-0.25, -0.2) is 4.98 Å². The number of carbonyl (C=O) groups is 1. The van der Waals surface area contributed by atoms with Crippen molar-refractivity contribution in [3.63, 3.8) is 0 Å². The second-order valence-corrected chi connectivity index (χ2v) is 8.32. The summed E-state index contributed by atoms with van der Waals surface area (Å²) >= 11 is 1.59.